The predicted octanol–water partition coefficient (Wildman–Crippen LogP) is 8.26. The van der Waals surface area contributed by atoms with Crippen molar-refractivity contribution < 1.29 is 24.8 Å². The van der Waals surface area contributed by atoms with Crippen LogP contribution in [0.4, 0.5) is 0 Å². The van der Waals surface area contributed by atoms with Gasteiger partial charge in [0.15, 0.2) is 0 Å². The lowest BCUT2D eigenvalue weighted by Crippen LogP contribution is -2.27. The number of hydrogen-bond acceptors (Lipinski definition) is 5. The molecule has 3 N–H and O–H groups in total. The first kappa shape index (κ1) is 32.5. The lowest BCUT2D eigenvalue weighted by Gasteiger charge is -2.35. The van der Waals surface area contributed by atoms with E-state index in [1.807, 2.05) is 0 Å². The number of aromatic hydroxyl groups is 3. The van der Waals surface area contributed by atoms with Gasteiger partial charge in [-0.25, -0.2) is 0 Å². The fourth-order valence-electron chi connectivity index (χ4n) is 5.60. The third-order valence-corrected chi connectivity index (χ3v) is 8.27. The fraction of sp³-hybridized carbons (Fsp3) is 0.500. The molecule has 0 saturated carbocycles. The summed E-state index contributed by atoms with van der Waals surface area (Å²) in [5.74, 6) is 0.943. The Kier molecular flexibility index (Phi) is 11.7. The van der Waals surface area contributed by atoms with Crippen LogP contribution in [0, 0.1) is 0 Å². The summed E-state index contributed by atoms with van der Waals surface area (Å²) in [4.78, 5) is 0. The molecule has 0 aromatic heterocycles. The average Bonchev–Trinajstić information content (AvgIpc) is 2.98. The molecular weight excluding hydrogens is 512 g/mol. The number of benzene rings is 3. The van der Waals surface area contributed by atoms with Crippen molar-refractivity contribution >= 4 is 0 Å². The van der Waals surface area contributed by atoms with E-state index in [-0.39, 0.29) is 11.5 Å². The summed E-state index contributed by atoms with van der Waals surface area (Å²) >= 11 is 0. The molecular formula is C36H50O5. The fourth-order valence-corrected chi connectivity index (χ4v) is 5.60. The van der Waals surface area contributed by atoms with E-state index in [0.29, 0.717) is 57.9 Å². The Morgan fingerprint density at radius 2 is 0.756 bits per heavy atom. The number of ether oxygens (including phenoxy) is 2. The van der Waals surface area contributed by atoms with Crippen LogP contribution in [-0.2, 0) is 53.8 Å². The molecule has 0 fully saturated rings. The van der Waals surface area contributed by atoms with Crippen LogP contribution in [0.15, 0.2) is 36.4 Å². The maximum atomic E-state index is 11.1. The van der Waals surface area contributed by atoms with Crippen LogP contribution < -0.4 is 0 Å². The Bertz CT molecular complexity index is 1220. The topological polar surface area (TPSA) is 79.2 Å². The van der Waals surface area contributed by atoms with E-state index in [4.69, 9.17) is 9.47 Å². The molecule has 0 bridgehead atoms. The zero-order valence-corrected chi connectivity index (χ0v) is 26.2. The molecule has 0 heterocycles. The van der Waals surface area contributed by atoms with Gasteiger partial charge in [-0.1, -0.05) is 65.8 Å². The Morgan fingerprint density at radius 1 is 0.488 bits per heavy atom. The van der Waals surface area contributed by atoms with Crippen LogP contribution in [-0.4, -0.2) is 28.5 Å². The van der Waals surface area contributed by atoms with Gasteiger partial charge in [-0.2, -0.15) is 0 Å². The second-order valence-corrected chi connectivity index (χ2v) is 11.1. The molecule has 5 heteroatoms. The molecule has 0 saturated heterocycles. The van der Waals surface area contributed by atoms with Crippen molar-refractivity contribution in [1.29, 1.82) is 0 Å². The Labute approximate surface area is 247 Å². The highest BCUT2D eigenvalue weighted by atomic mass is 16.5. The van der Waals surface area contributed by atoms with Gasteiger partial charge in [0.25, 0.3) is 0 Å². The van der Waals surface area contributed by atoms with Gasteiger partial charge < -0.3 is 24.8 Å². The van der Waals surface area contributed by atoms with Crippen LogP contribution >= 0.6 is 0 Å². The molecule has 224 valence electrons. The summed E-state index contributed by atoms with van der Waals surface area (Å²) in [5.41, 5.74) is 7.57. The van der Waals surface area contributed by atoms with Crippen LogP contribution in [0.25, 0.3) is 0 Å². The SMILES string of the molecule is CCCOCc1cc(C(C)(c2cc(CC)c(O)c(CC)c2)c2cc(CC)c(O)c(COCCC)c2)cc(CC)c1O. The molecule has 0 aliphatic rings. The average molecular weight is 563 g/mol. The van der Waals surface area contributed by atoms with E-state index in [9.17, 15) is 15.3 Å². The third kappa shape index (κ3) is 6.90. The zero-order valence-electron chi connectivity index (χ0n) is 26.2. The molecule has 0 aliphatic carbocycles. The first-order chi connectivity index (χ1) is 19.7. The molecule has 3 aromatic carbocycles. The summed E-state index contributed by atoms with van der Waals surface area (Å²) < 4.78 is 11.8. The standard InChI is InChI=1S/C36H50O5/c1-8-14-40-22-28-20-31(18-26(12-5)34(28)38)36(7,30-16-24(10-3)33(37)25(11-4)17-30)32-19-27(13-6)35(39)29(21-32)23-41-15-9-2/h16-21,37-39H,8-15,22-23H2,1-7H3. The van der Waals surface area contributed by atoms with Gasteiger partial charge >= 0.3 is 0 Å². The second-order valence-electron chi connectivity index (χ2n) is 11.1. The Morgan fingerprint density at radius 3 is 1.02 bits per heavy atom. The van der Waals surface area contributed by atoms with Gasteiger partial charge in [0.05, 0.1) is 13.2 Å². The monoisotopic (exact) mass is 562 g/mol. The lowest BCUT2D eigenvalue weighted by atomic mass is 9.68. The van der Waals surface area contributed by atoms with E-state index in [2.05, 4.69) is 84.9 Å². The van der Waals surface area contributed by atoms with Crippen molar-refractivity contribution in [2.45, 2.75) is 106 Å². The van der Waals surface area contributed by atoms with Gasteiger partial charge in [-0.15, -0.1) is 0 Å². The molecule has 0 aliphatic heterocycles. The maximum absolute atomic E-state index is 11.1. The number of hydrogen-bond donors (Lipinski definition) is 3. The van der Waals surface area contributed by atoms with Crippen LogP contribution in [0.5, 0.6) is 17.2 Å². The summed E-state index contributed by atoms with van der Waals surface area (Å²) in [6.45, 7) is 16.5. The molecule has 0 radical (unpaired) electrons. The summed E-state index contributed by atoms with van der Waals surface area (Å²) in [7, 11) is 0. The van der Waals surface area contributed by atoms with Crippen molar-refractivity contribution in [2.24, 2.45) is 0 Å². The van der Waals surface area contributed by atoms with E-state index >= 15 is 0 Å². The highest BCUT2D eigenvalue weighted by Gasteiger charge is 2.35. The smallest absolute Gasteiger partial charge is 0.124 e. The predicted molar refractivity (Wildman–Crippen MR) is 167 cm³/mol. The normalized spacial score (nSPS) is 11.8. The number of aryl methyl sites for hydroxylation is 4. The van der Waals surface area contributed by atoms with Gasteiger partial charge in [-0.3, -0.25) is 0 Å². The largest absolute Gasteiger partial charge is 0.507 e. The maximum Gasteiger partial charge on any atom is 0.124 e. The van der Waals surface area contributed by atoms with Crippen molar-refractivity contribution in [2.75, 3.05) is 13.2 Å². The third-order valence-electron chi connectivity index (χ3n) is 8.27. The molecule has 0 atom stereocenters. The molecule has 0 spiro atoms. The van der Waals surface area contributed by atoms with Gasteiger partial charge in [-0.05, 0) is 96.5 Å². The quantitative estimate of drug-likeness (QED) is 0.128. The first-order valence-corrected chi connectivity index (χ1v) is 15.4. The van der Waals surface area contributed by atoms with Crippen molar-refractivity contribution in [3.05, 3.63) is 86.5 Å². The Hall–Kier alpha value is -3.02. The highest BCUT2D eigenvalue weighted by molar-refractivity contribution is 5.59. The first-order valence-electron chi connectivity index (χ1n) is 15.4. The van der Waals surface area contributed by atoms with Crippen LogP contribution in [0.2, 0.25) is 0 Å². The van der Waals surface area contributed by atoms with Gasteiger partial charge in [0.2, 0.25) is 0 Å². The minimum absolute atomic E-state index is 0.289. The van der Waals surface area contributed by atoms with Gasteiger partial charge in [0, 0.05) is 29.8 Å². The number of phenolic OH excluding ortho intramolecular Hbond substituents is 3. The molecule has 41 heavy (non-hydrogen) atoms. The van der Waals surface area contributed by atoms with E-state index in [1.165, 1.54) is 0 Å². The van der Waals surface area contributed by atoms with Crippen molar-refractivity contribution in [3.8, 4) is 17.2 Å². The van der Waals surface area contributed by atoms with E-state index in [1.54, 1.807) is 0 Å². The molecule has 3 rings (SSSR count). The number of phenols is 3. The highest BCUT2D eigenvalue weighted by Crippen LogP contribution is 2.45. The van der Waals surface area contributed by atoms with E-state index < -0.39 is 5.41 Å². The minimum Gasteiger partial charge on any atom is -0.507 e. The van der Waals surface area contributed by atoms with E-state index in [0.717, 1.165) is 62.9 Å². The zero-order chi connectivity index (χ0) is 30.2. The van der Waals surface area contributed by atoms with Gasteiger partial charge in [0.1, 0.15) is 17.2 Å². The summed E-state index contributed by atoms with van der Waals surface area (Å²) in [6.07, 6.45) is 4.59. The summed E-state index contributed by atoms with van der Waals surface area (Å²) in [6, 6.07) is 12.6. The number of rotatable bonds is 15. The molecule has 0 amide bonds. The molecule has 3 aromatic rings. The molecule has 5 nitrogen and oxygen atoms in total. The van der Waals surface area contributed by atoms with Crippen LogP contribution in [0.1, 0.15) is 111 Å². The summed E-state index contributed by atoms with van der Waals surface area (Å²) in [5, 5.41) is 33.3. The minimum atomic E-state index is -0.657. The van der Waals surface area contributed by atoms with Crippen molar-refractivity contribution in [3.63, 3.8) is 0 Å². The van der Waals surface area contributed by atoms with Crippen LogP contribution in [0.3, 0.4) is 0 Å². The van der Waals surface area contributed by atoms with Crippen molar-refractivity contribution in [1.82, 2.24) is 0 Å². The lowest BCUT2D eigenvalue weighted by molar-refractivity contribution is 0.119. The molecule has 0 unspecified atom stereocenters. The second kappa shape index (κ2) is 14.7. The Balaban J connectivity index is 2.41.